The summed E-state index contributed by atoms with van der Waals surface area (Å²) in [6.07, 6.45) is 9.89. The van der Waals surface area contributed by atoms with Crippen molar-refractivity contribution in [3.8, 4) is 17.1 Å². The Hall–Kier alpha value is -4.18. The molecule has 0 saturated heterocycles. The molecular weight excluding hydrogens is 457 g/mol. The van der Waals surface area contributed by atoms with Crippen LogP contribution in [0.5, 0.6) is 5.88 Å². The number of amides is 2. The number of carbonyl (C=O) groups is 2. The molecule has 0 aliphatic heterocycles. The van der Waals surface area contributed by atoms with Crippen LogP contribution in [0.3, 0.4) is 0 Å². The van der Waals surface area contributed by atoms with Crippen molar-refractivity contribution in [1.82, 2.24) is 15.0 Å². The van der Waals surface area contributed by atoms with E-state index >= 15 is 0 Å². The standard InChI is InChI=1S/C24H22FN5O3S/c1-3-5-16(12-18(25)14-33-23-19(22(26)32)6-4-9-28-23)13-20(31)29-24-30-21(15(2)34-24)17-7-10-27-11-8-17/h3-12,14H,13H2,1-2H3,(H2,26,32)(H,29,30,31)/b5-3-,16-12+,18-14-. The summed E-state index contributed by atoms with van der Waals surface area (Å²) in [7, 11) is 0. The molecule has 3 N–H and O–H groups in total. The van der Waals surface area contributed by atoms with E-state index in [1.54, 1.807) is 31.5 Å². The zero-order valence-corrected chi connectivity index (χ0v) is 19.3. The van der Waals surface area contributed by atoms with Gasteiger partial charge >= 0.3 is 0 Å². The van der Waals surface area contributed by atoms with Crippen LogP contribution in [0, 0.1) is 6.92 Å². The zero-order chi connectivity index (χ0) is 24.5. The number of carbonyl (C=O) groups excluding carboxylic acids is 2. The number of nitrogens with one attached hydrogen (secondary N) is 1. The monoisotopic (exact) mass is 479 g/mol. The molecule has 0 spiro atoms. The normalized spacial score (nSPS) is 12.1. The lowest BCUT2D eigenvalue weighted by atomic mass is 10.1. The minimum Gasteiger partial charge on any atom is -0.443 e. The van der Waals surface area contributed by atoms with Crippen LogP contribution in [-0.2, 0) is 4.79 Å². The number of hydrogen-bond donors (Lipinski definition) is 2. The number of aromatic nitrogens is 3. The molecule has 10 heteroatoms. The summed E-state index contributed by atoms with van der Waals surface area (Å²) < 4.78 is 19.6. The lowest BCUT2D eigenvalue weighted by Gasteiger charge is -2.05. The number of ether oxygens (including phenoxy) is 1. The van der Waals surface area contributed by atoms with Crippen molar-refractivity contribution >= 4 is 28.3 Å². The first kappa shape index (κ1) is 24.5. The van der Waals surface area contributed by atoms with Gasteiger partial charge in [-0.3, -0.25) is 14.6 Å². The maximum absolute atomic E-state index is 14.5. The average Bonchev–Trinajstić information content (AvgIpc) is 3.18. The molecule has 8 nitrogen and oxygen atoms in total. The summed E-state index contributed by atoms with van der Waals surface area (Å²) in [4.78, 5) is 37.3. The molecule has 0 aromatic carbocycles. The van der Waals surface area contributed by atoms with Crippen molar-refractivity contribution in [2.75, 3.05) is 5.32 Å². The van der Waals surface area contributed by atoms with Gasteiger partial charge in [-0.25, -0.2) is 14.4 Å². The Bertz CT molecular complexity index is 1270. The van der Waals surface area contributed by atoms with Crippen LogP contribution in [0.1, 0.15) is 28.6 Å². The molecule has 0 fully saturated rings. The molecule has 0 atom stereocenters. The molecule has 0 bridgehead atoms. The predicted molar refractivity (Wildman–Crippen MR) is 129 cm³/mol. The highest BCUT2D eigenvalue weighted by molar-refractivity contribution is 7.16. The molecule has 0 radical (unpaired) electrons. The van der Waals surface area contributed by atoms with Crippen LogP contribution >= 0.6 is 11.3 Å². The summed E-state index contributed by atoms with van der Waals surface area (Å²) in [6.45, 7) is 3.67. The molecule has 3 aromatic rings. The zero-order valence-electron chi connectivity index (χ0n) is 18.5. The lowest BCUT2D eigenvalue weighted by molar-refractivity contribution is -0.115. The molecule has 174 valence electrons. The first-order valence-corrected chi connectivity index (χ1v) is 11.0. The van der Waals surface area contributed by atoms with Crippen molar-refractivity contribution in [3.05, 3.63) is 89.2 Å². The summed E-state index contributed by atoms with van der Waals surface area (Å²) >= 11 is 1.35. The van der Waals surface area contributed by atoms with Crippen LogP contribution in [-0.4, -0.2) is 26.8 Å². The quantitative estimate of drug-likeness (QED) is 0.338. The number of rotatable bonds is 9. The number of aryl methyl sites for hydroxylation is 1. The van der Waals surface area contributed by atoms with Crippen LogP contribution < -0.4 is 15.8 Å². The number of nitrogens with two attached hydrogens (primary N) is 1. The Morgan fingerprint density at radius 1 is 1.24 bits per heavy atom. The number of nitrogens with zero attached hydrogens (tertiary/aromatic N) is 3. The fourth-order valence-corrected chi connectivity index (χ4v) is 3.80. The van der Waals surface area contributed by atoms with Gasteiger partial charge in [0.1, 0.15) is 11.8 Å². The molecule has 2 amide bonds. The van der Waals surface area contributed by atoms with E-state index < -0.39 is 11.7 Å². The Labute approximate surface area is 199 Å². The van der Waals surface area contributed by atoms with Gasteiger partial charge in [-0.1, -0.05) is 12.2 Å². The number of pyridine rings is 2. The van der Waals surface area contributed by atoms with E-state index in [1.165, 1.54) is 29.7 Å². The Balaban J connectivity index is 1.69. The second kappa shape index (κ2) is 11.6. The molecule has 0 aliphatic rings. The lowest BCUT2D eigenvalue weighted by Crippen LogP contribution is -2.12. The SMILES string of the molecule is C\C=C/C(=C\C(F)=C\Oc1ncccc1C(N)=O)CC(=O)Nc1nc(-c2ccncc2)c(C)s1. The molecule has 3 rings (SSSR count). The van der Waals surface area contributed by atoms with Gasteiger partial charge in [-0.2, -0.15) is 0 Å². The number of thiazole rings is 1. The summed E-state index contributed by atoms with van der Waals surface area (Å²) in [5, 5.41) is 3.20. The summed E-state index contributed by atoms with van der Waals surface area (Å²) in [5.74, 6) is -1.99. The van der Waals surface area contributed by atoms with Gasteiger partial charge in [0.25, 0.3) is 5.91 Å². The van der Waals surface area contributed by atoms with E-state index in [0.29, 0.717) is 10.7 Å². The second-order valence-corrected chi connectivity index (χ2v) is 8.15. The number of anilines is 1. The van der Waals surface area contributed by atoms with E-state index in [4.69, 9.17) is 10.5 Å². The highest BCUT2D eigenvalue weighted by Crippen LogP contribution is 2.30. The predicted octanol–water partition coefficient (Wildman–Crippen LogP) is 4.73. The smallest absolute Gasteiger partial charge is 0.254 e. The Morgan fingerprint density at radius 2 is 2.00 bits per heavy atom. The minimum absolute atomic E-state index is 0.0217. The Morgan fingerprint density at radius 3 is 2.71 bits per heavy atom. The maximum atomic E-state index is 14.5. The first-order chi connectivity index (χ1) is 16.4. The van der Waals surface area contributed by atoms with E-state index in [0.717, 1.165) is 28.5 Å². The van der Waals surface area contributed by atoms with E-state index in [2.05, 4.69) is 20.3 Å². The molecule has 0 aliphatic carbocycles. The third kappa shape index (κ3) is 6.66. The molecule has 0 unspecified atom stereocenters. The van der Waals surface area contributed by atoms with Crippen LogP contribution in [0.25, 0.3) is 11.3 Å². The van der Waals surface area contributed by atoms with Gasteiger partial charge in [0.05, 0.1) is 12.1 Å². The van der Waals surface area contributed by atoms with Gasteiger partial charge in [-0.15, -0.1) is 11.3 Å². The molecule has 34 heavy (non-hydrogen) atoms. The van der Waals surface area contributed by atoms with Crippen LogP contribution in [0.4, 0.5) is 9.52 Å². The van der Waals surface area contributed by atoms with Crippen molar-refractivity contribution < 1.29 is 18.7 Å². The van der Waals surface area contributed by atoms with Crippen LogP contribution in [0.2, 0.25) is 0 Å². The van der Waals surface area contributed by atoms with Crippen molar-refractivity contribution in [1.29, 1.82) is 0 Å². The van der Waals surface area contributed by atoms with E-state index in [1.807, 2.05) is 19.1 Å². The van der Waals surface area contributed by atoms with Gasteiger partial charge in [0.2, 0.25) is 11.8 Å². The number of hydrogen-bond acceptors (Lipinski definition) is 7. The first-order valence-electron chi connectivity index (χ1n) is 10.2. The fraction of sp³-hybridized carbons (Fsp3) is 0.125. The minimum atomic E-state index is -0.771. The molecule has 3 heterocycles. The van der Waals surface area contributed by atoms with Gasteiger partial charge < -0.3 is 15.8 Å². The fourth-order valence-electron chi connectivity index (χ4n) is 2.94. The Kier molecular flexibility index (Phi) is 8.36. The molecular formula is C24H22FN5O3S. The highest BCUT2D eigenvalue weighted by Gasteiger charge is 2.13. The number of primary amides is 1. The van der Waals surface area contributed by atoms with Crippen molar-refractivity contribution in [2.45, 2.75) is 20.3 Å². The topological polar surface area (TPSA) is 120 Å². The largest absolute Gasteiger partial charge is 0.443 e. The third-order valence-corrected chi connectivity index (χ3v) is 5.27. The average molecular weight is 480 g/mol. The van der Waals surface area contributed by atoms with Crippen molar-refractivity contribution in [3.63, 3.8) is 0 Å². The molecule has 3 aromatic heterocycles. The maximum Gasteiger partial charge on any atom is 0.254 e. The number of halogens is 1. The van der Waals surface area contributed by atoms with Gasteiger partial charge in [-0.05, 0) is 49.8 Å². The molecule has 0 saturated carbocycles. The highest BCUT2D eigenvalue weighted by atomic mass is 32.1. The van der Waals surface area contributed by atoms with Crippen LogP contribution in [0.15, 0.2) is 78.7 Å². The van der Waals surface area contributed by atoms with Gasteiger partial charge in [0, 0.05) is 29.0 Å². The van der Waals surface area contributed by atoms with Crippen molar-refractivity contribution in [2.24, 2.45) is 5.73 Å². The summed E-state index contributed by atoms with van der Waals surface area (Å²) in [6, 6.07) is 6.62. The second-order valence-electron chi connectivity index (χ2n) is 6.94. The van der Waals surface area contributed by atoms with Gasteiger partial charge in [0.15, 0.2) is 11.0 Å². The number of allylic oxidation sites excluding steroid dienone is 4. The van der Waals surface area contributed by atoms with E-state index in [-0.39, 0.29) is 23.8 Å². The third-order valence-electron chi connectivity index (χ3n) is 4.39. The van der Waals surface area contributed by atoms with E-state index in [9.17, 15) is 14.0 Å². The summed E-state index contributed by atoms with van der Waals surface area (Å²) in [5.41, 5.74) is 7.35.